The second-order valence-corrected chi connectivity index (χ2v) is 7.81. The summed E-state index contributed by atoms with van der Waals surface area (Å²) in [4.78, 5) is 5.87. The van der Waals surface area contributed by atoms with Crippen LogP contribution in [0, 0.1) is 20.8 Å². The summed E-state index contributed by atoms with van der Waals surface area (Å²) in [6.45, 7) is 6.20. The SMILES string of the molecule is Cc1ccc(-c2nc3sc4ccccc4n3c2Nc2c(C)cccc2C)o1. The van der Waals surface area contributed by atoms with Gasteiger partial charge in [0.05, 0.1) is 10.2 Å². The number of nitrogens with one attached hydrogen (secondary N) is 1. The van der Waals surface area contributed by atoms with E-state index in [9.17, 15) is 0 Å². The number of rotatable bonds is 3. The molecule has 134 valence electrons. The van der Waals surface area contributed by atoms with Crippen molar-refractivity contribution in [3.8, 4) is 11.5 Å². The minimum absolute atomic E-state index is 0.779. The van der Waals surface area contributed by atoms with Crippen LogP contribution in [0.4, 0.5) is 11.5 Å². The van der Waals surface area contributed by atoms with Gasteiger partial charge in [-0.2, -0.15) is 0 Å². The van der Waals surface area contributed by atoms with E-state index >= 15 is 0 Å². The van der Waals surface area contributed by atoms with Crippen LogP contribution in [0.1, 0.15) is 16.9 Å². The number of hydrogen-bond donors (Lipinski definition) is 1. The Morgan fingerprint density at radius 3 is 2.44 bits per heavy atom. The van der Waals surface area contributed by atoms with E-state index in [-0.39, 0.29) is 0 Å². The number of para-hydroxylation sites is 2. The summed E-state index contributed by atoms with van der Waals surface area (Å²) in [7, 11) is 0. The Labute approximate surface area is 161 Å². The Hall–Kier alpha value is -3.05. The number of hydrogen-bond acceptors (Lipinski definition) is 4. The van der Waals surface area contributed by atoms with Crippen LogP contribution in [0.5, 0.6) is 0 Å². The topological polar surface area (TPSA) is 42.5 Å². The van der Waals surface area contributed by atoms with Crippen LogP contribution >= 0.6 is 11.3 Å². The summed E-state index contributed by atoms with van der Waals surface area (Å²) in [6, 6.07) is 18.7. The Bertz CT molecular complexity index is 1270. The Morgan fingerprint density at radius 1 is 0.926 bits per heavy atom. The lowest BCUT2D eigenvalue weighted by atomic mass is 10.1. The molecule has 0 unspecified atom stereocenters. The molecule has 5 aromatic rings. The molecule has 4 nitrogen and oxygen atoms in total. The van der Waals surface area contributed by atoms with Gasteiger partial charge in [-0.05, 0) is 56.2 Å². The lowest BCUT2D eigenvalue weighted by Crippen LogP contribution is -2.00. The third kappa shape index (κ3) is 2.54. The smallest absolute Gasteiger partial charge is 0.197 e. The first-order valence-corrected chi connectivity index (χ1v) is 9.73. The molecule has 5 heteroatoms. The number of aromatic nitrogens is 2. The standard InChI is InChI=1S/C22H19N3OS/c1-13-7-6-8-14(2)19(13)23-21-20(17-12-11-15(3)26-17)24-22-25(21)16-9-4-5-10-18(16)27-22/h4-12,23H,1-3H3. The molecule has 0 aliphatic rings. The van der Waals surface area contributed by atoms with Crippen LogP contribution in [0.15, 0.2) is 59.0 Å². The van der Waals surface area contributed by atoms with Gasteiger partial charge in [0.1, 0.15) is 11.6 Å². The van der Waals surface area contributed by atoms with Crippen LogP contribution in [-0.2, 0) is 0 Å². The number of imidazole rings is 1. The maximum Gasteiger partial charge on any atom is 0.197 e. The van der Waals surface area contributed by atoms with Crippen molar-refractivity contribution in [3.63, 3.8) is 0 Å². The fourth-order valence-corrected chi connectivity index (χ4v) is 4.52. The summed E-state index contributed by atoms with van der Waals surface area (Å²) in [5, 5.41) is 3.67. The summed E-state index contributed by atoms with van der Waals surface area (Å²) in [5.74, 6) is 2.60. The third-order valence-electron chi connectivity index (χ3n) is 4.85. The van der Waals surface area contributed by atoms with E-state index in [2.05, 4.69) is 66.0 Å². The van der Waals surface area contributed by atoms with Gasteiger partial charge in [-0.3, -0.25) is 4.40 Å². The molecule has 0 fully saturated rings. The van der Waals surface area contributed by atoms with Gasteiger partial charge in [0, 0.05) is 5.69 Å². The molecule has 1 N–H and O–H groups in total. The second-order valence-electron chi connectivity index (χ2n) is 6.80. The largest absolute Gasteiger partial charge is 0.460 e. The van der Waals surface area contributed by atoms with Crippen molar-refractivity contribution in [2.75, 3.05) is 5.32 Å². The molecular weight excluding hydrogens is 354 g/mol. The zero-order valence-corrected chi connectivity index (χ0v) is 16.2. The highest BCUT2D eigenvalue weighted by Crippen LogP contribution is 2.38. The molecule has 5 rings (SSSR count). The molecule has 2 aromatic carbocycles. The van der Waals surface area contributed by atoms with Crippen molar-refractivity contribution in [2.24, 2.45) is 0 Å². The molecule has 0 aliphatic carbocycles. The van der Waals surface area contributed by atoms with Gasteiger partial charge in [0.25, 0.3) is 0 Å². The van der Waals surface area contributed by atoms with Crippen molar-refractivity contribution in [1.29, 1.82) is 0 Å². The highest BCUT2D eigenvalue weighted by Gasteiger charge is 2.21. The van der Waals surface area contributed by atoms with Crippen molar-refractivity contribution in [2.45, 2.75) is 20.8 Å². The second kappa shape index (κ2) is 5.99. The lowest BCUT2D eigenvalue weighted by Gasteiger charge is -2.13. The molecule has 0 atom stereocenters. The molecule has 0 aliphatic heterocycles. The van der Waals surface area contributed by atoms with Gasteiger partial charge in [-0.25, -0.2) is 4.98 Å². The monoisotopic (exact) mass is 373 g/mol. The van der Waals surface area contributed by atoms with Crippen LogP contribution < -0.4 is 5.32 Å². The molecule has 3 heterocycles. The average molecular weight is 373 g/mol. The zero-order chi connectivity index (χ0) is 18.5. The van der Waals surface area contributed by atoms with Crippen LogP contribution in [0.3, 0.4) is 0 Å². The number of thiazole rings is 1. The number of aryl methyl sites for hydroxylation is 3. The van der Waals surface area contributed by atoms with E-state index in [0.29, 0.717) is 0 Å². The first kappa shape index (κ1) is 16.1. The van der Waals surface area contributed by atoms with Crippen molar-refractivity contribution < 1.29 is 4.42 Å². The van der Waals surface area contributed by atoms with E-state index in [1.54, 1.807) is 11.3 Å². The molecule has 27 heavy (non-hydrogen) atoms. The lowest BCUT2D eigenvalue weighted by molar-refractivity contribution is 0.547. The summed E-state index contributed by atoms with van der Waals surface area (Å²) < 4.78 is 9.32. The molecular formula is C22H19N3OS. The number of benzene rings is 2. The molecule has 0 bridgehead atoms. The maximum absolute atomic E-state index is 5.91. The number of nitrogens with zero attached hydrogens (tertiary/aromatic N) is 2. The summed E-state index contributed by atoms with van der Waals surface area (Å²) in [6.07, 6.45) is 0. The average Bonchev–Trinajstić information content (AvgIpc) is 3.32. The number of furan rings is 1. The quantitative estimate of drug-likeness (QED) is 0.394. The van der Waals surface area contributed by atoms with E-state index < -0.39 is 0 Å². The van der Waals surface area contributed by atoms with E-state index in [0.717, 1.165) is 39.2 Å². The Morgan fingerprint density at radius 2 is 1.70 bits per heavy atom. The van der Waals surface area contributed by atoms with Crippen LogP contribution in [0.2, 0.25) is 0 Å². The van der Waals surface area contributed by atoms with Gasteiger partial charge in [0.15, 0.2) is 16.4 Å². The van der Waals surface area contributed by atoms with Crippen molar-refractivity contribution >= 4 is 38.0 Å². The molecule has 0 spiro atoms. The van der Waals surface area contributed by atoms with E-state index in [4.69, 9.17) is 9.40 Å². The number of anilines is 2. The molecule has 0 saturated heterocycles. The minimum Gasteiger partial charge on any atom is -0.460 e. The maximum atomic E-state index is 5.91. The first-order chi connectivity index (χ1) is 13.1. The summed E-state index contributed by atoms with van der Waals surface area (Å²) in [5.41, 5.74) is 5.49. The number of fused-ring (bicyclic) bond motifs is 3. The molecule has 0 saturated carbocycles. The van der Waals surface area contributed by atoms with Gasteiger partial charge in [-0.1, -0.05) is 41.7 Å². The highest BCUT2D eigenvalue weighted by molar-refractivity contribution is 7.23. The zero-order valence-electron chi connectivity index (χ0n) is 15.4. The van der Waals surface area contributed by atoms with Crippen molar-refractivity contribution in [1.82, 2.24) is 9.38 Å². The first-order valence-electron chi connectivity index (χ1n) is 8.92. The molecule has 0 amide bonds. The van der Waals surface area contributed by atoms with Crippen LogP contribution in [0.25, 0.3) is 26.6 Å². The predicted molar refractivity (Wildman–Crippen MR) is 112 cm³/mol. The fraction of sp³-hybridized carbons (Fsp3) is 0.136. The Balaban J connectivity index is 1.81. The fourth-order valence-electron chi connectivity index (χ4n) is 3.50. The van der Waals surface area contributed by atoms with E-state index in [1.165, 1.54) is 15.8 Å². The van der Waals surface area contributed by atoms with Crippen molar-refractivity contribution in [3.05, 3.63) is 71.5 Å². The minimum atomic E-state index is 0.779. The van der Waals surface area contributed by atoms with Crippen LogP contribution in [-0.4, -0.2) is 9.38 Å². The van der Waals surface area contributed by atoms with E-state index in [1.807, 2.05) is 19.1 Å². The van der Waals surface area contributed by atoms with Gasteiger partial charge in [-0.15, -0.1) is 0 Å². The molecule has 0 radical (unpaired) electrons. The summed E-state index contributed by atoms with van der Waals surface area (Å²) >= 11 is 1.69. The third-order valence-corrected chi connectivity index (χ3v) is 5.87. The predicted octanol–water partition coefficient (Wildman–Crippen LogP) is 6.48. The molecule has 3 aromatic heterocycles. The van der Waals surface area contributed by atoms with Gasteiger partial charge in [0.2, 0.25) is 0 Å². The van der Waals surface area contributed by atoms with Gasteiger partial charge >= 0.3 is 0 Å². The normalized spacial score (nSPS) is 11.5. The van der Waals surface area contributed by atoms with Gasteiger partial charge < -0.3 is 9.73 Å². The highest BCUT2D eigenvalue weighted by atomic mass is 32.1. The Kier molecular flexibility index (Phi) is 3.58.